The molecule has 0 bridgehead atoms. The third-order valence-corrected chi connectivity index (χ3v) is 2.42. The fourth-order valence-electron chi connectivity index (χ4n) is 1.56. The van der Waals surface area contributed by atoms with Crippen LogP contribution in [0.2, 0.25) is 0 Å². The van der Waals surface area contributed by atoms with Crippen molar-refractivity contribution in [3.05, 3.63) is 29.3 Å². The topological polar surface area (TPSA) is 44.8 Å². The molecule has 2 rings (SSSR count). The van der Waals surface area contributed by atoms with E-state index in [1.807, 2.05) is 19.9 Å². The van der Waals surface area contributed by atoms with Crippen LogP contribution in [0.15, 0.2) is 18.2 Å². The lowest BCUT2D eigenvalue weighted by Crippen LogP contribution is -2.35. The summed E-state index contributed by atoms with van der Waals surface area (Å²) in [6.45, 7) is 4.16. The van der Waals surface area contributed by atoms with Gasteiger partial charge in [0.25, 0.3) is 0 Å². The molecule has 0 saturated carbocycles. The first-order chi connectivity index (χ1) is 7.52. The van der Waals surface area contributed by atoms with Gasteiger partial charge in [0.1, 0.15) is 5.75 Å². The number of fused-ring (bicyclic) bond motifs is 1. The van der Waals surface area contributed by atoms with Gasteiger partial charge in [0.05, 0.1) is 19.3 Å². The molecule has 0 aliphatic carbocycles. The minimum atomic E-state index is -0.651. The molecule has 0 unspecified atom stereocenters. The number of rotatable bonds is 1. The lowest BCUT2D eigenvalue weighted by atomic mass is 10.1. The van der Waals surface area contributed by atoms with Crippen LogP contribution in [0.1, 0.15) is 29.8 Å². The van der Waals surface area contributed by atoms with Crippen LogP contribution >= 0.6 is 0 Å². The van der Waals surface area contributed by atoms with Crippen LogP contribution in [0, 0.1) is 0 Å². The van der Waals surface area contributed by atoms with E-state index in [0.717, 1.165) is 5.56 Å². The highest BCUT2D eigenvalue weighted by molar-refractivity contribution is 5.89. The van der Waals surface area contributed by atoms with E-state index < -0.39 is 5.79 Å². The van der Waals surface area contributed by atoms with Gasteiger partial charge >= 0.3 is 5.97 Å². The first-order valence-electron chi connectivity index (χ1n) is 5.06. The Morgan fingerprint density at radius 3 is 2.88 bits per heavy atom. The van der Waals surface area contributed by atoms with Crippen molar-refractivity contribution in [3.63, 3.8) is 0 Å². The quantitative estimate of drug-likeness (QED) is 0.683. The second-order valence-electron chi connectivity index (χ2n) is 4.10. The van der Waals surface area contributed by atoms with Crippen molar-refractivity contribution in [3.8, 4) is 5.75 Å². The number of ether oxygens (including phenoxy) is 3. The van der Waals surface area contributed by atoms with Crippen LogP contribution in [0.25, 0.3) is 0 Å². The van der Waals surface area contributed by atoms with Gasteiger partial charge in [-0.1, -0.05) is 6.07 Å². The molecule has 16 heavy (non-hydrogen) atoms. The van der Waals surface area contributed by atoms with Gasteiger partial charge < -0.3 is 14.2 Å². The number of benzene rings is 1. The Kier molecular flexibility index (Phi) is 2.59. The molecule has 0 amide bonds. The third-order valence-electron chi connectivity index (χ3n) is 2.42. The highest BCUT2D eigenvalue weighted by Gasteiger charge is 2.27. The summed E-state index contributed by atoms with van der Waals surface area (Å²) in [5, 5.41) is 0. The van der Waals surface area contributed by atoms with Crippen molar-refractivity contribution in [2.45, 2.75) is 26.2 Å². The molecule has 0 saturated heterocycles. The van der Waals surface area contributed by atoms with Gasteiger partial charge in [-0.25, -0.2) is 4.79 Å². The average Bonchev–Trinajstić information content (AvgIpc) is 2.25. The normalized spacial score (nSPS) is 17.2. The highest BCUT2D eigenvalue weighted by atomic mass is 16.7. The molecule has 1 aliphatic rings. The molecule has 0 atom stereocenters. The van der Waals surface area contributed by atoms with E-state index in [4.69, 9.17) is 9.47 Å². The van der Waals surface area contributed by atoms with Gasteiger partial charge in [-0.2, -0.15) is 0 Å². The van der Waals surface area contributed by atoms with E-state index in [1.54, 1.807) is 12.1 Å². The fourth-order valence-corrected chi connectivity index (χ4v) is 1.56. The number of hydrogen-bond acceptors (Lipinski definition) is 4. The van der Waals surface area contributed by atoms with Crippen LogP contribution in [0.5, 0.6) is 5.75 Å². The number of esters is 1. The summed E-state index contributed by atoms with van der Waals surface area (Å²) in [5.74, 6) is -0.336. The van der Waals surface area contributed by atoms with Crippen molar-refractivity contribution in [1.82, 2.24) is 0 Å². The SMILES string of the molecule is COC(=O)c1ccc2c(c1)OC(C)(C)OC2. The van der Waals surface area contributed by atoms with E-state index in [2.05, 4.69) is 4.74 Å². The molecule has 1 heterocycles. The predicted octanol–water partition coefficient (Wildman–Crippen LogP) is 2.12. The Hall–Kier alpha value is -1.55. The van der Waals surface area contributed by atoms with E-state index in [1.165, 1.54) is 7.11 Å². The van der Waals surface area contributed by atoms with Crippen LogP contribution in [-0.2, 0) is 16.1 Å². The molecular formula is C12H14O4. The summed E-state index contributed by atoms with van der Waals surface area (Å²) >= 11 is 0. The fraction of sp³-hybridized carbons (Fsp3) is 0.417. The van der Waals surface area contributed by atoms with Gasteiger partial charge in [0, 0.05) is 19.4 Å². The zero-order chi connectivity index (χ0) is 11.8. The van der Waals surface area contributed by atoms with E-state index >= 15 is 0 Å². The molecule has 0 radical (unpaired) electrons. The van der Waals surface area contributed by atoms with Gasteiger partial charge in [-0.05, 0) is 12.1 Å². The molecule has 1 aliphatic heterocycles. The molecule has 0 N–H and O–H groups in total. The highest BCUT2D eigenvalue weighted by Crippen LogP contribution is 2.31. The number of hydrogen-bond donors (Lipinski definition) is 0. The molecule has 1 aromatic rings. The number of carbonyl (C=O) groups excluding carboxylic acids is 1. The molecule has 0 fully saturated rings. The predicted molar refractivity (Wildman–Crippen MR) is 57.3 cm³/mol. The molecule has 0 spiro atoms. The van der Waals surface area contributed by atoms with Crippen molar-refractivity contribution < 1.29 is 19.0 Å². The van der Waals surface area contributed by atoms with Gasteiger partial charge in [-0.3, -0.25) is 0 Å². The minimum Gasteiger partial charge on any atom is -0.465 e. The summed E-state index contributed by atoms with van der Waals surface area (Å²) in [6, 6.07) is 5.21. The van der Waals surface area contributed by atoms with Crippen molar-refractivity contribution in [2.75, 3.05) is 7.11 Å². The second-order valence-corrected chi connectivity index (χ2v) is 4.10. The first kappa shape index (κ1) is 11.0. The summed E-state index contributed by atoms with van der Waals surface area (Å²) < 4.78 is 15.8. The van der Waals surface area contributed by atoms with Crippen molar-refractivity contribution in [1.29, 1.82) is 0 Å². The Bertz CT molecular complexity index is 423. The zero-order valence-corrected chi connectivity index (χ0v) is 9.57. The van der Waals surface area contributed by atoms with Crippen LogP contribution in [0.3, 0.4) is 0 Å². The van der Waals surface area contributed by atoms with Crippen LogP contribution < -0.4 is 4.74 Å². The molecule has 86 valence electrons. The third kappa shape index (κ3) is 2.02. The summed E-state index contributed by atoms with van der Waals surface area (Å²) in [6.07, 6.45) is 0. The van der Waals surface area contributed by atoms with E-state index in [9.17, 15) is 4.79 Å². The molecule has 0 aromatic heterocycles. The number of methoxy groups -OCH3 is 1. The molecule has 1 aromatic carbocycles. The zero-order valence-electron chi connectivity index (χ0n) is 9.57. The smallest absolute Gasteiger partial charge is 0.337 e. The van der Waals surface area contributed by atoms with Crippen molar-refractivity contribution >= 4 is 5.97 Å². The van der Waals surface area contributed by atoms with Gasteiger partial charge in [-0.15, -0.1) is 0 Å². The lowest BCUT2D eigenvalue weighted by Gasteiger charge is -2.32. The second kappa shape index (κ2) is 3.79. The minimum absolute atomic E-state index is 0.365. The van der Waals surface area contributed by atoms with Crippen LogP contribution in [-0.4, -0.2) is 18.9 Å². The maximum atomic E-state index is 11.4. The lowest BCUT2D eigenvalue weighted by molar-refractivity contribution is -0.180. The summed E-state index contributed by atoms with van der Waals surface area (Å²) in [4.78, 5) is 11.4. The molecule has 4 heteroatoms. The maximum Gasteiger partial charge on any atom is 0.337 e. The van der Waals surface area contributed by atoms with Gasteiger partial charge in [0.15, 0.2) is 0 Å². The molecule has 4 nitrogen and oxygen atoms in total. The standard InChI is InChI=1S/C12H14O4/c1-12(2)15-7-9-5-4-8(11(13)14-3)6-10(9)16-12/h4-6H,7H2,1-3H3. The largest absolute Gasteiger partial charge is 0.465 e. The summed E-state index contributed by atoms with van der Waals surface area (Å²) in [7, 11) is 1.36. The Morgan fingerprint density at radius 1 is 1.44 bits per heavy atom. The average molecular weight is 222 g/mol. The maximum absolute atomic E-state index is 11.4. The monoisotopic (exact) mass is 222 g/mol. The Balaban J connectivity index is 2.34. The van der Waals surface area contributed by atoms with Gasteiger partial charge in [0.2, 0.25) is 5.79 Å². The van der Waals surface area contributed by atoms with Crippen LogP contribution in [0.4, 0.5) is 0 Å². The van der Waals surface area contributed by atoms with E-state index in [-0.39, 0.29) is 5.97 Å². The Morgan fingerprint density at radius 2 is 2.19 bits per heavy atom. The van der Waals surface area contributed by atoms with Crippen molar-refractivity contribution in [2.24, 2.45) is 0 Å². The van der Waals surface area contributed by atoms with E-state index in [0.29, 0.717) is 17.9 Å². The number of carbonyl (C=O) groups is 1. The molecular weight excluding hydrogens is 208 g/mol. The summed E-state index contributed by atoms with van der Waals surface area (Å²) in [5.41, 5.74) is 1.42. The Labute approximate surface area is 94.1 Å². The first-order valence-corrected chi connectivity index (χ1v) is 5.06.